The molecule has 248 valence electrons. The highest BCUT2D eigenvalue weighted by molar-refractivity contribution is 6.99. The SMILES string of the molecule is C[C@H](CC#CC(C)(C)O)[C@H]1CC[C@@H]2/C(=C/C=C3\C[C@@H](O)C[C@@H](O[Si](c4ccccc4)(c4ccccc4)C(C)(C)C)C3)CCC[C@@]21C. The molecule has 0 spiro atoms. The van der Waals surface area contributed by atoms with Crippen molar-refractivity contribution >= 4 is 18.7 Å². The third kappa shape index (κ3) is 7.49. The number of rotatable bonds is 7. The summed E-state index contributed by atoms with van der Waals surface area (Å²) in [4.78, 5) is 0. The van der Waals surface area contributed by atoms with Crippen molar-refractivity contribution in [2.24, 2.45) is 23.2 Å². The van der Waals surface area contributed by atoms with E-state index in [0.29, 0.717) is 29.6 Å². The molecule has 46 heavy (non-hydrogen) atoms. The van der Waals surface area contributed by atoms with Crippen molar-refractivity contribution in [3.63, 3.8) is 0 Å². The van der Waals surface area contributed by atoms with Crippen LogP contribution in [0.2, 0.25) is 5.04 Å². The highest BCUT2D eigenvalue weighted by Crippen LogP contribution is 2.59. The maximum absolute atomic E-state index is 11.2. The Bertz CT molecular complexity index is 1400. The molecule has 0 radical (unpaired) electrons. The molecule has 6 atom stereocenters. The summed E-state index contributed by atoms with van der Waals surface area (Å²) in [6.07, 6.45) is 13.7. The molecular formula is C42H58O3Si. The quantitative estimate of drug-likeness (QED) is 0.237. The van der Waals surface area contributed by atoms with Gasteiger partial charge in [-0.25, -0.2) is 0 Å². The predicted octanol–water partition coefficient (Wildman–Crippen LogP) is 8.35. The Kier molecular flexibility index (Phi) is 10.6. The summed E-state index contributed by atoms with van der Waals surface area (Å²) < 4.78 is 7.48. The van der Waals surface area contributed by atoms with Crippen LogP contribution < -0.4 is 10.4 Å². The largest absolute Gasteiger partial charge is 0.404 e. The second kappa shape index (κ2) is 14.0. The minimum absolute atomic E-state index is 0.0296. The summed E-state index contributed by atoms with van der Waals surface area (Å²) in [6.45, 7) is 15.4. The molecule has 2 N–H and O–H groups in total. The van der Waals surface area contributed by atoms with E-state index in [1.54, 1.807) is 19.4 Å². The van der Waals surface area contributed by atoms with Crippen molar-refractivity contribution in [2.45, 2.75) is 129 Å². The molecule has 0 amide bonds. The molecule has 3 aliphatic rings. The minimum Gasteiger partial charge on any atom is -0.404 e. The monoisotopic (exact) mass is 638 g/mol. The fourth-order valence-electron chi connectivity index (χ4n) is 9.33. The first-order valence-electron chi connectivity index (χ1n) is 17.8. The zero-order chi connectivity index (χ0) is 33.2. The summed E-state index contributed by atoms with van der Waals surface area (Å²) in [7, 11) is -2.69. The molecule has 0 heterocycles. The van der Waals surface area contributed by atoms with Crippen LogP contribution in [0.3, 0.4) is 0 Å². The number of hydrogen-bond acceptors (Lipinski definition) is 3. The van der Waals surface area contributed by atoms with Crippen LogP contribution in [0.1, 0.15) is 106 Å². The van der Waals surface area contributed by atoms with Gasteiger partial charge in [-0.3, -0.25) is 0 Å². The molecule has 2 aromatic rings. The van der Waals surface area contributed by atoms with Gasteiger partial charge in [0.2, 0.25) is 0 Å². The number of hydrogen-bond donors (Lipinski definition) is 2. The van der Waals surface area contributed by atoms with Gasteiger partial charge in [-0.15, -0.1) is 5.92 Å². The first kappa shape index (κ1) is 34.9. The normalized spacial score (nSPS) is 29.7. The second-order valence-corrected chi connectivity index (χ2v) is 20.7. The molecule has 2 aromatic carbocycles. The van der Waals surface area contributed by atoms with Crippen molar-refractivity contribution < 1.29 is 14.6 Å². The number of allylic oxidation sites excluding steroid dienone is 3. The molecule has 0 unspecified atom stereocenters. The standard InChI is InChI=1S/C42H58O3Si/c1-31(16-14-26-41(5,6)44)38-24-25-39-33(17-15-27-42(38,39)7)23-22-32-28-34(43)30-35(29-32)45-46(40(2,3)4,36-18-10-8-11-19-36)37-20-12-9-13-21-37/h8-13,18-23,31,34-35,38-39,43-44H,15-17,24-25,27-30H2,1-7H3/b32-22+,33-23+/t31-,34-,35+,38-,39-,42-/m1/s1. The van der Waals surface area contributed by atoms with Gasteiger partial charge in [0.25, 0.3) is 8.32 Å². The molecule has 0 aromatic heterocycles. The van der Waals surface area contributed by atoms with Gasteiger partial charge >= 0.3 is 0 Å². The number of fused-ring (bicyclic) bond motifs is 1. The Morgan fingerprint density at radius 2 is 1.59 bits per heavy atom. The van der Waals surface area contributed by atoms with Crippen LogP contribution in [0.25, 0.3) is 0 Å². The second-order valence-electron chi connectivity index (χ2n) is 16.4. The Hall–Kier alpha value is -2.42. The van der Waals surface area contributed by atoms with E-state index in [1.807, 2.05) is 0 Å². The maximum Gasteiger partial charge on any atom is 0.261 e. The minimum atomic E-state index is -2.69. The van der Waals surface area contributed by atoms with Crippen molar-refractivity contribution in [3.05, 3.63) is 84.0 Å². The van der Waals surface area contributed by atoms with Gasteiger partial charge < -0.3 is 14.6 Å². The van der Waals surface area contributed by atoms with E-state index in [9.17, 15) is 10.2 Å². The molecule has 0 aliphatic heterocycles. The summed E-state index contributed by atoms with van der Waals surface area (Å²) in [6, 6.07) is 21.7. The van der Waals surface area contributed by atoms with Crippen molar-refractivity contribution in [1.29, 1.82) is 0 Å². The Morgan fingerprint density at radius 1 is 0.957 bits per heavy atom. The lowest BCUT2D eigenvalue weighted by Crippen LogP contribution is -2.68. The molecule has 5 rings (SSSR count). The Balaban J connectivity index is 1.38. The summed E-state index contributed by atoms with van der Waals surface area (Å²) in [5.41, 5.74) is 2.29. The van der Waals surface area contributed by atoms with E-state index in [0.717, 1.165) is 19.3 Å². The molecule has 3 fully saturated rings. The molecule has 4 heteroatoms. The highest BCUT2D eigenvalue weighted by Gasteiger charge is 2.52. The Labute approximate surface area is 280 Å². The summed E-state index contributed by atoms with van der Waals surface area (Å²) in [5, 5.41) is 23.7. The third-order valence-electron chi connectivity index (χ3n) is 11.4. The first-order valence-corrected chi connectivity index (χ1v) is 19.7. The van der Waals surface area contributed by atoms with E-state index in [2.05, 4.69) is 119 Å². The van der Waals surface area contributed by atoms with Crippen LogP contribution in [0.4, 0.5) is 0 Å². The van der Waals surface area contributed by atoms with Crippen LogP contribution in [-0.4, -0.2) is 36.3 Å². The van der Waals surface area contributed by atoms with Gasteiger partial charge in [0.1, 0.15) is 5.60 Å². The lowest BCUT2D eigenvalue weighted by Gasteiger charge is -2.46. The number of aliphatic hydroxyl groups excluding tert-OH is 1. The molecule has 3 saturated carbocycles. The summed E-state index contributed by atoms with van der Waals surface area (Å²) in [5.74, 6) is 8.12. The van der Waals surface area contributed by atoms with Crippen molar-refractivity contribution in [2.75, 3.05) is 0 Å². The number of aliphatic hydroxyl groups is 2. The highest BCUT2D eigenvalue weighted by atomic mass is 28.4. The molecular weight excluding hydrogens is 581 g/mol. The average molecular weight is 639 g/mol. The van der Waals surface area contributed by atoms with Crippen LogP contribution in [0, 0.1) is 35.0 Å². The van der Waals surface area contributed by atoms with Crippen LogP contribution >= 0.6 is 0 Å². The molecule has 0 bridgehead atoms. The number of benzene rings is 2. The van der Waals surface area contributed by atoms with Crippen LogP contribution in [-0.2, 0) is 4.43 Å². The van der Waals surface area contributed by atoms with E-state index >= 15 is 0 Å². The lowest BCUT2D eigenvalue weighted by molar-refractivity contribution is 0.0689. The van der Waals surface area contributed by atoms with Gasteiger partial charge in [0.15, 0.2) is 0 Å². The Morgan fingerprint density at radius 3 is 2.17 bits per heavy atom. The van der Waals surface area contributed by atoms with Gasteiger partial charge in [-0.2, -0.15) is 0 Å². The maximum atomic E-state index is 11.2. The lowest BCUT2D eigenvalue weighted by atomic mass is 9.61. The van der Waals surface area contributed by atoms with E-state index in [4.69, 9.17) is 4.43 Å². The van der Waals surface area contributed by atoms with E-state index in [1.165, 1.54) is 48.1 Å². The molecule has 3 nitrogen and oxygen atoms in total. The summed E-state index contributed by atoms with van der Waals surface area (Å²) >= 11 is 0. The molecule has 3 aliphatic carbocycles. The third-order valence-corrected chi connectivity index (χ3v) is 16.5. The van der Waals surface area contributed by atoms with E-state index < -0.39 is 13.9 Å². The fraction of sp³-hybridized carbons (Fsp3) is 0.571. The van der Waals surface area contributed by atoms with Gasteiger partial charge in [0, 0.05) is 6.42 Å². The van der Waals surface area contributed by atoms with Gasteiger partial charge in [-0.1, -0.05) is 125 Å². The van der Waals surface area contributed by atoms with Gasteiger partial charge in [0.05, 0.1) is 12.2 Å². The fourth-order valence-corrected chi connectivity index (χ4v) is 14.0. The zero-order valence-electron chi connectivity index (χ0n) is 29.5. The van der Waals surface area contributed by atoms with E-state index in [-0.39, 0.29) is 17.2 Å². The van der Waals surface area contributed by atoms with Crippen LogP contribution in [0.15, 0.2) is 84.0 Å². The predicted molar refractivity (Wildman–Crippen MR) is 195 cm³/mol. The first-order chi connectivity index (χ1) is 21.7. The topological polar surface area (TPSA) is 49.7 Å². The smallest absolute Gasteiger partial charge is 0.261 e. The average Bonchev–Trinajstić information content (AvgIpc) is 3.36. The van der Waals surface area contributed by atoms with Crippen LogP contribution in [0.5, 0.6) is 0 Å². The van der Waals surface area contributed by atoms with Crippen molar-refractivity contribution in [3.8, 4) is 11.8 Å². The zero-order valence-corrected chi connectivity index (χ0v) is 30.5. The van der Waals surface area contributed by atoms with Gasteiger partial charge in [-0.05, 0) is 104 Å². The molecule has 0 saturated heterocycles. The van der Waals surface area contributed by atoms with Crippen molar-refractivity contribution in [1.82, 2.24) is 0 Å².